The number of para-hydroxylation sites is 2. The number of thiocarbonyl (C=S) groups is 1. The van der Waals surface area contributed by atoms with Crippen molar-refractivity contribution in [2.45, 2.75) is 6.92 Å². The predicted molar refractivity (Wildman–Crippen MR) is 109 cm³/mol. The number of benzene rings is 2. The molecule has 0 saturated carbocycles. The van der Waals surface area contributed by atoms with Crippen LogP contribution in [0.3, 0.4) is 0 Å². The van der Waals surface area contributed by atoms with Gasteiger partial charge in [-0.15, -0.1) is 0 Å². The molecule has 0 aliphatic rings. The van der Waals surface area contributed by atoms with Crippen molar-refractivity contribution >= 4 is 52.1 Å². The molecule has 0 saturated heterocycles. The van der Waals surface area contributed by atoms with Gasteiger partial charge in [-0.1, -0.05) is 35.3 Å². The van der Waals surface area contributed by atoms with Crippen LogP contribution in [0.4, 0.5) is 5.69 Å². The van der Waals surface area contributed by atoms with Crippen LogP contribution >= 0.6 is 35.4 Å². The molecule has 0 atom stereocenters. The summed E-state index contributed by atoms with van der Waals surface area (Å²) in [6, 6.07) is 11.8. The van der Waals surface area contributed by atoms with Gasteiger partial charge in [-0.25, -0.2) is 0 Å². The smallest absolute Gasteiger partial charge is 0.257 e. The van der Waals surface area contributed by atoms with Crippen LogP contribution in [-0.4, -0.2) is 30.8 Å². The van der Waals surface area contributed by atoms with E-state index < -0.39 is 5.91 Å². The molecule has 0 radical (unpaired) electrons. The second kappa shape index (κ2) is 10.3. The molecule has 2 N–H and O–H groups in total. The van der Waals surface area contributed by atoms with Crippen LogP contribution < -0.4 is 15.4 Å². The second-order valence-corrected chi connectivity index (χ2v) is 6.39. The molecular weight excluding hydrogens is 395 g/mol. The molecule has 0 aliphatic heterocycles. The predicted octanol–water partition coefficient (Wildman–Crippen LogP) is 4.54. The minimum atomic E-state index is -0.415. The molecule has 0 bridgehead atoms. The van der Waals surface area contributed by atoms with E-state index in [1.165, 1.54) is 12.1 Å². The SMILES string of the molecule is CCOCCOc1ccccc1NC(=S)NC(=O)c1cc(Cl)cc(Cl)c1. The van der Waals surface area contributed by atoms with Gasteiger partial charge in [0.1, 0.15) is 12.4 Å². The summed E-state index contributed by atoms with van der Waals surface area (Å²) in [5.41, 5.74) is 0.950. The Labute approximate surface area is 167 Å². The number of amides is 1. The summed E-state index contributed by atoms with van der Waals surface area (Å²) >= 11 is 17.0. The highest BCUT2D eigenvalue weighted by atomic mass is 35.5. The van der Waals surface area contributed by atoms with Crippen LogP contribution in [0.1, 0.15) is 17.3 Å². The van der Waals surface area contributed by atoms with Gasteiger partial charge in [-0.2, -0.15) is 0 Å². The molecule has 2 rings (SSSR count). The van der Waals surface area contributed by atoms with Crippen molar-refractivity contribution < 1.29 is 14.3 Å². The van der Waals surface area contributed by atoms with Gasteiger partial charge in [0.25, 0.3) is 5.91 Å². The van der Waals surface area contributed by atoms with Gasteiger partial charge in [-0.3, -0.25) is 10.1 Å². The summed E-state index contributed by atoms with van der Waals surface area (Å²) in [6.07, 6.45) is 0. The summed E-state index contributed by atoms with van der Waals surface area (Å²) < 4.78 is 10.9. The van der Waals surface area contributed by atoms with Gasteiger partial charge in [0, 0.05) is 22.2 Å². The lowest BCUT2D eigenvalue weighted by molar-refractivity contribution is 0.0977. The molecule has 1 amide bonds. The van der Waals surface area contributed by atoms with Crippen molar-refractivity contribution in [2.75, 3.05) is 25.1 Å². The average Bonchev–Trinajstić information content (AvgIpc) is 2.59. The summed E-state index contributed by atoms with van der Waals surface area (Å²) in [5, 5.41) is 6.41. The van der Waals surface area contributed by atoms with Crippen molar-refractivity contribution in [1.29, 1.82) is 0 Å². The fourth-order valence-electron chi connectivity index (χ4n) is 2.06. The van der Waals surface area contributed by atoms with Gasteiger partial charge in [-0.05, 0) is 49.5 Å². The van der Waals surface area contributed by atoms with Crippen molar-refractivity contribution in [3.05, 3.63) is 58.1 Å². The summed E-state index contributed by atoms with van der Waals surface area (Å²) in [5.74, 6) is 0.191. The van der Waals surface area contributed by atoms with Crippen LogP contribution in [0, 0.1) is 0 Å². The Kier molecular flexibility index (Phi) is 8.12. The first-order chi connectivity index (χ1) is 12.5. The zero-order chi connectivity index (χ0) is 18.9. The van der Waals surface area contributed by atoms with E-state index in [1.54, 1.807) is 18.2 Å². The fourth-order valence-corrected chi connectivity index (χ4v) is 2.79. The molecule has 0 unspecified atom stereocenters. The van der Waals surface area contributed by atoms with Crippen LogP contribution in [0.2, 0.25) is 10.0 Å². The van der Waals surface area contributed by atoms with Crippen molar-refractivity contribution in [1.82, 2.24) is 5.32 Å². The minimum absolute atomic E-state index is 0.131. The molecule has 0 aromatic heterocycles. The Morgan fingerprint density at radius 3 is 2.50 bits per heavy atom. The maximum atomic E-state index is 12.3. The maximum absolute atomic E-state index is 12.3. The lowest BCUT2D eigenvalue weighted by Crippen LogP contribution is -2.34. The van der Waals surface area contributed by atoms with Gasteiger partial charge in [0.2, 0.25) is 0 Å². The van der Waals surface area contributed by atoms with E-state index in [9.17, 15) is 4.79 Å². The van der Waals surface area contributed by atoms with Crippen LogP contribution in [-0.2, 0) is 4.74 Å². The van der Waals surface area contributed by atoms with E-state index in [0.29, 0.717) is 46.9 Å². The highest BCUT2D eigenvalue weighted by Gasteiger charge is 2.11. The Balaban J connectivity index is 1.98. The van der Waals surface area contributed by atoms with Crippen LogP contribution in [0.15, 0.2) is 42.5 Å². The van der Waals surface area contributed by atoms with Crippen molar-refractivity contribution in [2.24, 2.45) is 0 Å². The number of hydrogen-bond acceptors (Lipinski definition) is 4. The second-order valence-electron chi connectivity index (χ2n) is 5.11. The number of halogens is 2. The Bertz CT molecular complexity index is 767. The molecule has 138 valence electrons. The average molecular weight is 413 g/mol. The van der Waals surface area contributed by atoms with E-state index in [2.05, 4.69) is 10.6 Å². The summed E-state index contributed by atoms with van der Waals surface area (Å²) in [6.45, 7) is 3.45. The fraction of sp³-hybridized carbons (Fsp3) is 0.222. The van der Waals surface area contributed by atoms with Gasteiger partial charge in [0.05, 0.1) is 12.3 Å². The number of anilines is 1. The highest BCUT2D eigenvalue weighted by Crippen LogP contribution is 2.24. The lowest BCUT2D eigenvalue weighted by atomic mass is 10.2. The zero-order valence-electron chi connectivity index (χ0n) is 14.1. The first kappa shape index (κ1) is 20.5. The molecule has 0 heterocycles. The molecule has 26 heavy (non-hydrogen) atoms. The molecule has 5 nitrogen and oxygen atoms in total. The first-order valence-electron chi connectivity index (χ1n) is 7.87. The monoisotopic (exact) mass is 412 g/mol. The normalized spacial score (nSPS) is 10.3. The number of rotatable bonds is 7. The van der Waals surface area contributed by atoms with E-state index in [1.807, 2.05) is 19.1 Å². The zero-order valence-corrected chi connectivity index (χ0v) is 16.4. The number of carbonyl (C=O) groups is 1. The standard InChI is InChI=1S/C18H18Cl2N2O3S/c1-2-24-7-8-25-16-6-4-3-5-15(16)21-18(26)22-17(23)12-9-13(19)11-14(20)10-12/h3-6,9-11H,2,7-8H2,1H3,(H2,21,22,23,26). The largest absolute Gasteiger partial charge is 0.489 e. The number of nitrogens with one attached hydrogen (secondary N) is 2. The van der Waals surface area contributed by atoms with Crippen LogP contribution in [0.5, 0.6) is 5.75 Å². The third-order valence-corrected chi connectivity index (χ3v) is 3.82. The van der Waals surface area contributed by atoms with Crippen molar-refractivity contribution in [3.8, 4) is 5.75 Å². The van der Waals surface area contributed by atoms with E-state index in [4.69, 9.17) is 44.9 Å². The van der Waals surface area contributed by atoms with E-state index in [0.717, 1.165) is 0 Å². The summed E-state index contributed by atoms with van der Waals surface area (Å²) in [4.78, 5) is 12.3. The molecule has 2 aromatic carbocycles. The Morgan fingerprint density at radius 1 is 1.12 bits per heavy atom. The number of ether oxygens (including phenoxy) is 2. The topological polar surface area (TPSA) is 59.6 Å². The minimum Gasteiger partial charge on any atom is -0.489 e. The third-order valence-electron chi connectivity index (χ3n) is 3.18. The Hall–Kier alpha value is -1.86. The lowest BCUT2D eigenvalue weighted by Gasteiger charge is -2.14. The maximum Gasteiger partial charge on any atom is 0.257 e. The van der Waals surface area contributed by atoms with Crippen LogP contribution in [0.25, 0.3) is 0 Å². The van der Waals surface area contributed by atoms with Gasteiger partial charge < -0.3 is 14.8 Å². The van der Waals surface area contributed by atoms with Crippen molar-refractivity contribution in [3.63, 3.8) is 0 Å². The van der Waals surface area contributed by atoms with E-state index >= 15 is 0 Å². The highest BCUT2D eigenvalue weighted by molar-refractivity contribution is 7.80. The molecule has 8 heteroatoms. The summed E-state index contributed by atoms with van der Waals surface area (Å²) in [7, 11) is 0. The molecule has 0 aliphatic carbocycles. The quantitative estimate of drug-likeness (QED) is 0.516. The Morgan fingerprint density at radius 2 is 1.81 bits per heavy atom. The molecule has 2 aromatic rings. The number of hydrogen-bond donors (Lipinski definition) is 2. The molecular formula is C18H18Cl2N2O3S. The number of carbonyl (C=O) groups excluding carboxylic acids is 1. The molecule has 0 fully saturated rings. The van der Waals surface area contributed by atoms with Gasteiger partial charge in [0.15, 0.2) is 5.11 Å². The first-order valence-corrected chi connectivity index (χ1v) is 9.04. The molecule has 0 spiro atoms. The van der Waals surface area contributed by atoms with E-state index in [-0.39, 0.29) is 5.11 Å². The third kappa shape index (κ3) is 6.46. The van der Waals surface area contributed by atoms with Gasteiger partial charge >= 0.3 is 0 Å².